The lowest BCUT2D eigenvalue weighted by Crippen LogP contribution is -1.97. The van der Waals surface area contributed by atoms with Gasteiger partial charge in [-0.25, -0.2) is 0 Å². The predicted molar refractivity (Wildman–Crippen MR) is 52.1 cm³/mol. The Hall–Kier alpha value is -1.69. The van der Waals surface area contributed by atoms with Crippen molar-refractivity contribution in [1.29, 1.82) is 0 Å². The molecule has 0 radical (unpaired) electrons. The Bertz CT molecular complexity index is 417. The second-order valence-electron chi connectivity index (χ2n) is 2.53. The van der Waals surface area contributed by atoms with Gasteiger partial charge < -0.3 is 9.94 Å². The van der Waals surface area contributed by atoms with Gasteiger partial charge in [0.2, 0.25) is 6.29 Å². The maximum absolute atomic E-state index is 10.3. The van der Waals surface area contributed by atoms with Crippen LogP contribution in [-0.4, -0.2) is 10.00 Å². The van der Waals surface area contributed by atoms with Gasteiger partial charge in [0.05, 0.1) is 0 Å². The summed E-state index contributed by atoms with van der Waals surface area (Å²) in [5.41, 5.74) is 8.25. The molecule has 84 valence electrons. The second-order valence-corrected chi connectivity index (χ2v) is 3.21. The van der Waals surface area contributed by atoms with E-state index in [1.165, 1.54) is 24.3 Å². The van der Waals surface area contributed by atoms with Crippen LogP contribution in [0.15, 0.2) is 29.5 Å². The molecule has 1 rings (SSSR count). The van der Waals surface area contributed by atoms with E-state index in [4.69, 9.17) is 10.4 Å². The fourth-order valence-electron chi connectivity index (χ4n) is 0.905. The third kappa shape index (κ3) is 3.82. The van der Waals surface area contributed by atoms with E-state index in [1.807, 2.05) is 0 Å². The third-order valence-electron chi connectivity index (χ3n) is 1.54. The molecule has 0 saturated heterocycles. The number of azide groups is 1. The molecule has 0 heterocycles. The van der Waals surface area contributed by atoms with Gasteiger partial charge in [0.1, 0.15) is 11.0 Å². The molecule has 0 fully saturated rings. The van der Waals surface area contributed by atoms with E-state index in [1.54, 1.807) is 0 Å². The molecular formula is C7H7N3O5P+. The highest BCUT2D eigenvalue weighted by Gasteiger charge is 2.21. The molecule has 2 atom stereocenters. The van der Waals surface area contributed by atoms with Gasteiger partial charge in [-0.3, -0.25) is 0 Å². The topological polar surface area (TPSA) is 125 Å². The van der Waals surface area contributed by atoms with Crippen molar-refractivity contribution in [1.82, 2.24) is 0 Å². The average Bonchev–Trinajstić information content (AvgIpc) is 2.26. The quantitative estimate of drug-likeness (QED) is 0.204. The molecule has 8 nitrogen and oxygen atoms in total. The van der Waals surface area contributed by atoms with Gasteiger partial charge >= 0.3 is 8.25 Å². The summed E-state index contributed by atoms with van der Waals surface area (Å²) in [7, 11) is -2.88. The van der Waals surface area contributed by atoms with Gasteiger partial charge in [-0.15, -0.1) is 4.89 Å². The molecule has 0 aliphatic heterocycles. The molecule has 0 saturated carbocycles. The van der Waals surface area contributed by atoms with Crippen molar-refractivity contribution < 1.29 is 23.9 Å². The van der Waals surface area contributed by atoms with Crippen LogP contribution in [0.5, 0.6) is 5.75 Å². The van der Waals surface area contributed by atoms with Crippen LogP contribution in [0.1, 0.15) is 11.9 Å². The van der Waals surface area contributed by atoms with Crippen LogP contribution in [-0.2, 0) is 9.09 Å². The van der Waals surface area contributed by atoms with Crippen LogP contribution in [0, 0.1) is 0 Å². The Kier molecular flexibility index (Phi) is 4.65. The van der Waals surface area contributed by atoms with Crippen LogP contribution < -0.4 is 4.84 Å². The summed E-state index contributed by atoms with van der Waals surface area (Å²) in [6.45, 7) is 0. The van der Waals surface area contributed by atoms with Crippen LogP contribution in [0.2, 0.25) is 0 Å². The molecule has 0 amide bonds. The monoisotopic (exact) mass is 244 g/mol. The summed E-state index contributed by atoms with van der Waals surface area (Å²) >= 11 is 0. The van der Waals surface area contributed by atoms with Crippen molar-refractivity contribution >= 4 is 8.25 Å². The maximum atomic E-state index is 10.3. The van der Waals surface area contributed by atoms with E-state index in [0.29, 0.717) is 0 Å². The van der Waals surface area contributed by atoms with E-state index in [2.05, 4.69) is 19.6 Å². The van der Waals surface area contributed by atoms with Crippen molar-refractivity contribution in [3.8, 4) is 5.75 Å². The highest BCUT2D eigenvalue weighted by molar-refractivity contribution is 7.32. The van der Waals surface area contributed by atoms with Gasteiger partial charge in [-0.2, -0.15) is 0 Å². The van der Waals surface area contributed by atoms with Crippen LogP contribution in [0.3, 0.4) is 0 Å². The van der Waals surface area contributed by atoms with E-state index in [0.717, 1.165) is 0 Å². The highest BCUT2D eigenvalue weighted by Crippen LogP contribution is 2.27. The zero-order chi connectivity index (χ0) is 12.0. The van der Waals surface area contributed by atoms with Crippen molar-refractivity contribution in [2.24, 2.45) is 5.28 Å². The Morgan fingerprint density at radius 3 is 2.56 bits per heavy atom. The number of hydrogen-bond donors (Lipinski definition) is 2. The van der Waals surface area contributed by atoms with Gasteiger partial charge in [0, 0.05) is 15.0 Å². The first-order valence-corrected chi connectivity index (χ1v) is 5.09. The van der Waals surface area contributed by atoms with Gasteiger partial charge in [0.25, 0.3) is 0 Å². The summed E-state index contributed by atoms with van der Waals surface area (Å²) in [6, 6.07) is 5.60. The van der Waals surface area contributed by atoms with Gasteiger partial charge in [-0.1, -0.05) is 16.7 Å². The van der Waals surface area contributed by atoms with Gasteiger partial charge in [-0.05, 0) is 17.7 Å². The Morgan fingerprint density at radius 2 is 2.06 bits per heavy atom. The molecule has 16 heavy (non-hydrogen) atoms. The minimum atomic E-state index is -2.88. The summed E-state index contributed by atoms with van der Waals surface area (Å²) < 4.78 is 14.5. The van der Waals surface area contributed by atoms with Crippen LogP contribution in [0.4, 0.5) is 0 Å². The Balaban J connectivity index is 2.70. The van der Waals surface area contributed by atoms with E-state index >= 15 is 0 Å². The number of rotatable bonds is 5. The molecule has 0 aliphatic carbocycles. The van der Waals surface area contributed by atoms with E-state index in [-0.39, 0.29) is 11.3 Å². The number of hydrogen-bond acceptors (Lipinski definition) is 5. The SMILES string of the molecule is [N-]=[N+]=NOc1ccc(C(O)O[P+](=O)O)cc1. The first-order valence-electron chi connectivity index (χ1n) is 3.96. The minimum Gasteiger partial charge on any atom is -0.394 e. The molecule has 9 heteroatoms. The Labute approximate surface area is 90.6 Å². The fourth-order valence-corrected chi connectivity index (χ4v) is 1.20. The lowest BCUT2D eigenvalue weighted by Gasteiger charge is -2.03. The zero-order valence-corrected chi connectivity index (χ0v) is 8.69. The van der Waals surface area contributed by atoms with Crippen molar-refractivity contribution in [3.05, 3.63) is 40.3 Å². The summed E-state index contributed by atoms with van der Waals surface area (Å²) in [5, 5.41) is 12.1. The molecule has 2 unspecified atom stereocenters. The Morgan fingerprint density at radius 1 is 1.44 bits per heavy atom. The first kappa shape index (κ1) is 12.4. The van der Waals surface area contributed by atoms with Crippen molar-refractivity contribution in [3.63, 3.8) is 0 Å². The van der Waals surface area contributed by atoms with Crippen molar-refractivity contribution in [2.45, 2.75) is 6.29 Å². The largest absolute Gasteiger partial charge is 0.697 e. The minimum absolute atomic E-state index is 0.266. The molecule has 0 spiro atoms. The smallest absolute Gasteiger partial charge is 0.394 e. The number of aliphatic hydroxyl groups is 1. The van der Waals surface area contributed by atoms with Crippen LogP contribution in [0.25, 0.3) is 10.4 Å². The number of nitrogens with zero attached hydrogens (tertiary/aromatic N) is 3. The molecule has 0 bridgehead atoms. The molecule has 0 aliphatic rings. The summed E-state index contributed by atoms with van der Waals surface area (Å²) in [4.78, 5) is 15.3. The third-order valence-corrected chi connectivity index (χ3v) is 1.92. The molecule has 0 aromatic heterocycles. The van der Waals surface area contributed by atoms with Crippen molar-refractivity contribution in [2.75, 3.05) is 0 Å². The summed E-state index contributed by atoms with van der Waals surface area (Å²) in [5.74, 6) is 0.266. The van der Waals surface area contributed by atoms with Gasteiger partial charge in [0.15, 0.2) is 0 Å². The predicted octanol–water partition coefficient (Wildman–Crippen LogP) is 1.95. The lowest BCUT2D eigenvalue weighted by molar-refractivity contribution is -0.0207. The number of aliphatic hydroxyl groups excluding tert-OH is 1. The number of benzene rings is 1. The fraction of sp³-hybridized carbons (Fsp3) is 0.143. The molecule has 2 N–H and O–H groups in total. The normalized spacial score (nSPS) is 12.5. The highest BCUT2D eigenvalue weighted by atomic mass is 31.1. The molecule has 1 aromatic rings. The van der Waals surface area contributed by atoms with E-state index in [9.17, 15) is 9.67 Å². The zero-order valence-electron chi connectivity index (χ0n) is 7.79. The maximum Gasteiger partial charge on any atom is 0.697 e. The average molecular weight is 244 g/mol. The lowest BCUT2D eigenvalue weighted by atomic mass is 10.2. The summed E-state index contributed by atoms with van der Waals surface area (Å²) in [6.07, 6.45) is -1.50. The molecule has 1 aromatic carbocycles. The standard InChI is InChI=1S/C7H6N3O5P/c8-9-10-14-6-3-1-5(2-4-6)7(11)15-16(12)13/h1-4,7,11H/p+1. The first-order chi connectivity index (χ1) is 7.63. The second kappa shape index (κ2) is 6.02. The molecular weight excluding hydrogens is 237 g/mol. The van der Waals surface area contributed by atoms with E-state index < -0.39 is 14.5 Å². The van der Waals surface area contributed by atoms with Crippen LogP contribution >= 0.6 is 8.25 Å².